The fourth-order valence-electron chi connectivity index (χ4n) is 3.06. The number of anilines is 2. The van der Waals surface area contributed by atoms with Gasteiger partial charge in [-0.05, 0) is 36.9 Å². The van der Waals surface area contributed by atoms with E-state index in [0.717, 1.165) is 25.9 Å². The molecule has 2 aliphatic rings. The number of carbonyl (C=O) groups is 1. The van der Waals surface area contributed by atoms with Gasteiger partial charge in [0.05, 0.1) is 11.3 Å². The lowest BCUT2D eigenvalue weighted by Crippen LogP contribution is -2.36. The Kier molecular flexibility index (Phi) is 3.50. The number of nitrogens with zero attached hydrogens (tertiary/aromatic N) is 2. The number of benzene rings is 1. The summed E-state index contributed by atoms with van der Waals surface area (Å²) in [7, 11) is 0. The van der Waals surface area contributed by atoms with Gasteiger partial charge in [-0.1, -0.05) is 0 Å². The molecule has 0 atom stereocenters. The van der Waals surface area contributed by atoms with E-state index in [1.165, 1.54) is 6.07 Å². The van der Waals surface area contributed by atoms with Crippen molar-refractivity contribution in [2.24, 2.45) is 11.7 Å². The second-order valence-corrected chi connectivity index (χ2v) is 5.65. The Balaban J connectivity index is 1.92. The van der Waals surface area contributed by atoms with Gasteiger partial charge >= 0.3 is 0 Å². The molecule has 0 bridgehead atoms. The van der Waals surface area contributed by atoms with Gasteiger partial charge in [-0.15, -0.1) is 0 Å². The van der Waals surface area contributed by atoms with Crippen LogP contribution >= 0.6 is 0 Å². The molecule has 1 amide bonds. The quantitative estimate of drug-likeness (QED) is 0.644. The Labute approximate surface area is 122 Å². The van der Waals surface area contributed by atoms with Crippen molar-refractivity contribution in [3.8, 4) is 0 Å². The first-order valence-electron chi connectivity index (χ1n) is 7.14. The molecule has 0 radical (unpaired) electrons. The van der Waals surface area contributed by atoms with Crippen LogP contribution < -0.4 is 16.0 Å². The SMILES string of the molecule is NCC1CCN(c2cc3c(cc2[N+](=O)[O-])CC(=O)N3)CC1. The van der Waals surface area contributed by atoms with Gasteiger partial charge in [-0.25, -0.2) is 0 Å². The second-order valence-electron chi connectivity index (χ2n) is 5.65. The minimum atomic E-state index is -0.368. The van der Waals surface area contributed by atoms with Gasteiger partial charge in [-0.3, -0.25) is 14.9 Å². The molecule has 3 N–H and O–H groups in total. The van der Waals surface area contributed by atoms with E-state index in [2.05, 4.69) is 5.32 Å². The summed E-state index contributed by atoms with van der Waals surface area (Å²) in [5.74, 6) is 0.382. The van der Waals surface area contributed by atoms with Crippen LogP contribution in [0.5, 0.6) is 0 Å². The molecular formula is C14H18N4O3. The number of rotatable bonds is 3. The highest BCUT2D eigenvalue weighted by molar-refractivity contribution is 6.00. The molecule has 0 spiro atoms. The van der Waals surface area contributed by atoms with Crippen LogP contribution in [0.2, 0.25) is 0 Å². The summed E-state index contributed by atoms with van der Waals surface area (Å²) in [5, 5.41) is 14.1. The number of nitrogens with two attached hydrogens (primary N) is 1. The minimum Gasteiger partial charge on any atom is -0.366 e. The van der Waals surface area contributed by atoms with Crippen LogP contribution in [0.3, 0.4) is 0 Å². The lowest BCUT2D eigenvalue weighted by atomic mass is 9.96. The van der Waals surface area contributed by atoms with Crippen molar-refractivity contribution in [2.75, 3.05) is 29.9 Å². The lowest BCUT2D eigenvalue weighted by molar-refractivity contribution is -0.384. The number of hydrogen-bond acceptors (Lipinski definition) is 5. The topological polar surface area (TPSA) is 102 Å². The number of fused-ring (bicyclic) bond motifs is 1. The third kappa shape index (κ3) is 2.56. The first kappa shape index (κ1) is 13.8. The van der Waals surface area contributed by atoms with E-state index in [0.29, 0.717) is 29.4 Å². The Morgan fingerprint density at radius 1 is 1.38 bits per heavy atom. The largest absolute Gasteiger partial charge is 0.366 e. The fourth-order valence-corrected chi connectivity index (χ4v) is 3.06. The number of nitrogens with one attached hydrogen (secondary N) is 1. The highest BCUT2D eigenvalue weighted by Crippen LogP contribution is 2.38. The van der Waals surface area contributed by atoms with Crippen molar-refractivity contribution in [3.05, 3.63) is 27.8 Å². The van der Waals surface area contributed by atoms with Crippen molar-refractivity contribution in [1.29, 1.82) is 0 Å². The summed E-state index contributed by atoms with van der Waals surface area (Å²) >= 11 is 0. The highest BCUT2D eigenvalue weighted by atomic mass is 16.6. The normalized spacial score (nSPS) is 18.5. The molecule has 0 aliphatic carbocycles. The van der Waals surface area contributed by atoms with E-state index < -0.39 is 0 Å². The summed E-state index contributed by atoms with van der Waals surface area (Å²) in [5.41, 5.74) is 7.75. The first-order chi connectivity index (χ1) is 10.1. The lowest BCUT2D eigenvalue weighted by Gasteiger charge is -2.33. The molecule has 2 aliphatic heterocycles. The predicted octanol–water partition coefficient (Wildman–Crippen LogP) is 1.26. The third-order valence-electron chi connectivity index (χ3n) is 4.31. The van der Waals surface area contributed by atoms with Crippen LogP contribution in [0, 0.1) is 16.0 Å². The molecule has 1 aromatic carbocycles. The minimum absolute atomic E-state index is 0.0800. The Morgan fingerprint density at radius 3 is 2.71 bits per heavy atom. The van der Waals surface area contributed by atoms with Crippen LogP contribution in [-0.2, 0) is 11.2 Å². The van der Waals surface area contributed by atoms with Gasteiger partial charge in [0.25, 0.3) is 5.69 Å². The molecule has 1 fully saturated rings. The van der Waals surface area contributed by atoms with Gasteiger partial charge in [0.2, 0.25) is 5.91 Å². The molecule has 1 saturated heterocycles. The number of piperidine rings is 1. The molecule has 1 aromatic rings. The van der Waals surface area contributed by atoms with Crippen molar-refractivity contribution in [1.82, 2.24) is 0 Å². The summed E-state index contributed by atoms with van der Waals surface area (Å²) < 4.78 is 0. The van der Waals surface area contributed by atoms with Gasteiger partial charge in [0, 0.05) is 24.8 Å². The molecule has 21 heavy (non-hydrogen) atoms. The first-order valence-corrected chi connectivity index (χ1v) is 7.14. The zero-order valence-corrected chi connectivity index (χ0v) is 11.7. The van der Waals surface area contributed by atoms with Gasteiger partial charge in [0.15, 0.2) is 0 Å². The average molecular weight is 290 g/mol. The highest BCUT2D eigenvalue weighted by Gasteiger charge is 2.29. The second kappa shape index (κ2) is 5.33. The number of carbonyl (C=O) groups excluding carboxylic acids is 1. The summed E-state index contributed by atoms with van der Waals surface area (Å²) in [6.07, 6.45) is 2.10. The van der Waals surface area contributed by atoms with Crippen LogP contribution in [0.1, 0.15) is 18.4 Å². The molecule has 7 nitrogen and oxygen atoms in total. The van der Waals surface area contributed by atoms with E-state index in [1.807, 2.05) is 4.90 Å². The fraction of sp³-hybridized carbons (Fsp3) is 0.500. The maximum atomic E-state index is 11.4. The standard InChI is InChI=1S/C14H18N4O3/c15-8-9-1-3-17(4-2-9)12-7-11-10(6-14(19)16-11)5-13(12)18(20)21/h5,7,9H,1-4,6,8,15H2,(H,16,19). The van der Waals surface area contributed by atoms with Gasteiger partial charge < -0.3 is 16.0 Å². The Morgan fingerprint density at radius 2 is 2.10 bits per heavy atom. The van der Waals surface area contributed by atoms with Gasteiger partial charge in [0.1, 0.15) is 5.69 Å². The molecule has 0 unspecified atom stereocenters. The summed E-state index contributed by atoms with van der Waals surface area (Å²) in [4.78, 5) is 24.4. The maximum absolute atomic E-state index is 11.4. The van der Waals surface area contributed by atoms with Crippen LogP contribution in [0.25, 0.3) is 0 Å². The molecule has 0 aromatic heterocycles. The van der Waals surface area contributed by atoms with Crippen molar-refractivity contribution >= 4 is 23.0 Å². The van der Waals surface area contributed by atoms with E-state index >= 15 is 0 Å². The maximum Gasteiger partial charge on any atom is 0.292 e. The smallest absolute Gasteiger partial charge is 0.292 e. The van der Waals surface area contributed by atoms with Gasteiger partial charge in [-0.2, -0.15) is 0 Å². The number of hydrogen-bond donors (Lipinski definition) is 2. The van der Waals surface area contributed by atoms with Crippen LogP contribution in [-0.4, -0.2) is 30.5 Å². The Bertz CT molecular complexity index is 594. The molecule has 3 rings (SSSR count). The zero-order chi connectivity index (χ0) is 15.0. The molecular weight excluding hydrogens is 272 g/mol. The van der Waals surface area contributed by atoms with E-state index in [9.17, 15) is 14.9 Å². The van der Waals surface area contributed by atoms with Crippen molar-refractivity contribution < 1.29 is 9.72 Å². The molecule has 2 heterocycles. The molecule has 112 valence electrons. The summed E-state index contributed by atoms with van der Waals surface area (Å²) in [6.45, 7) is 2.18. The number of nitro groups is 1. The zero-order valence-electron chi connectivity index (χ0n) is 11.7. The van der Waals surface area contributed by atoms with Crippen molar-refractivity contribution in [3.63, 3.8) is 0 Å². The third-order valence-corrected chi connectivity index (χ3v) is 4.31. The molecule has 0 saturated carbocycles. The predicted molar refractivity (Wildman–Crippen MR) is 79.4 cm³/mol. The number of nitro benzene ring substituents is 1. The number of amides is 1. The van der Waals surface area contributed by atoms with Crippen LogP contribution in [0.4, 0.5) is 17.1 Å². The summed E-state index contributed by atoms with van der Waals surface area (Å²) in [6, 6.07) is 3.26. The van der Waals surface area contributed by atoms with E-state index in [-0.39, 0.29) is 22.9 Å². The van der Waals surface area contributed by atoms with E-state index in [4.69, 9.17) is 5.73 Å². The van der Waals surface area contributed by atoms with Crippen LogP contribution in [0.15, 0.2) is 12.1 Å². The van der Waals surface area contributed by atoms with Crippen molar-refractivity contribution in [2.45, 2.75) is 19.3 Å². The monoisotopic (exact) mass is 290 g/mol. The van der Waals surface area contributed by atoms with E-state index in [1.54, 1.807) is 6.07 Å². The average Bonchev–Trinajstić information content (AvgIpc) is 2.85. The Hall–Kier alpha value is -2.15. The molecule has 7 heteroatoms.